The fourth-order valence-corrected chi connectivity index (χ4v) is 3.33. The molecule has 1 atom stereocenters. The molecule has 0 radical (unpaired) electrons. The number of alkyl halides is 3. The van der Waals surface area contributed by atoms with Crippen LogP contribution in [0.4, 0.5) is 23.7 Å². The molecule has 2 heterocycles. The van der Waals surface area contributed by atoms with Crippen LogP contribution < -0.4 is 10.5 Å². The van der Waals surface area contributed by atoms with E-state index in [1.54, 1.807) is 0 Å². The van der Waals surface area contributed by atoms with Crippen molar-refractivity contribution in [2.24, 2.45) is 0 Å². The normalized spacial score (nSPS) is 16.7. The number of pyridine rings is 1. The molecule has 2 aromatic carbocycles. The number of nitrogens with one attached hydrogen (secondary N) is 1. The number of ether oxygens (including phenoxy) is 1. The maximum absolute atomic E-state index is 13.3. The van der Waals surface area contributed by atoms with Gasteiger partial charge in [0.1, 0.15) is 0 Å². The van der Waals surface area contributed by atoms with Crippen LogP contribution in [0.5, 0.6) is 0 Å². The van der Waals surface area contributed by atoms with E-state index in [1.165, 1.54) is 42.5 Å². The largest absolute Gasteiger partial charge is 0.478 e. The van der Waals surface area contributed by atoms with Crippen LogP contribution >= 0.6 is 0 Å². The number of hydrogen-bond donors (Lipinski definition) is 2. The first kappa shape index (κ1) is 19.5. The van der Waals surface area contributed by atoms with Crippen molar-refractivity contribution in [2.45, 2.75) is 12.3 Å². The lowest BCUT2D eigenvalue weighted by molar-refractivity contribution is -0.144. The van der Waals surface area contributed by atoms with Gasteiger partial charge in [-0.25, -0.2) is 9.59 Å². The van der Waals surface area contributed by atoms with Gasteiger partial charge in [0.25, 0.3) is 5.56 Å². The van der Waals surface area contributed by atoms with Crippen LogP contribution in [0, 0.1) is 0 Å². The third kappa shape index (κ3) is 3.36. The van der Waals surface area contributed by atoms with Crippen LogP contribution in [0.1, 0.15) is 5.56 Å². The third-order valence-electron chi connectivity index (χ3n) is 4.75. The van der Waals surface area contributed by atoms with Crippen LogP contribution in [-0.2, 0) is 15.7 Å². The van der Waals surface area contributed by atoms with Crippen molar-refractivity contribution in [2.75, 3.05) is 11.4 Å². The minimum absolute atomic E-state index is 0.000279. The molecule has 1 aliphatic rings. The van der Waals surface area contributed by atoms with Gasteiger partial charge in [-0.2, -0.15) is 13.2 Å². The summed E-state index contributed by atoms with van der Waals surface area (Å²) in [6.45, 7) is -0.228. The van der Waals surface area contributed by atoms with Crippen LogP contribution in [0.25, 0.3) is 22.0 Å². The molecule has 1 aromatic heterocycles. The Morgan fingerprint density at radius 1 is 1.13 bits per heavy atom. The molecule has 30 heavy (non-hydrogen) atoms. The number of fused-ring (bicyclic) bond motifs is 1. The van der Waals surface area contributed by atoms with Crippen molar-refractivity contribution >= 4 is 28.5 Å². The molecule has 7 nitrogen and oxygen atoms in total. The van der Waals surface area contributed by atoms with E-state index in [9.17, 15) is 27.6 Å². The molecule has 1 aliphatic heterocycles. The molecular formula is C20H13F3N2O5. The average molecular weight is 418 g/mol. The topological polar surface area (TPSA) is 99.7 Å². The number of cyclic esters (lactones) is 1. The number of halogens is 3. The number of rotatable bonds is 3. The molecule has 1 amide bonds. The Bertz CT molecular complexity index is 1240. The first-order chi connectivity index (χ1) is 14.1. The summed E-state index contributed by atoms with van der Waals surface area (Å²) in [4.78, 5) is 39.1. The van der Waals surface area contributed by atoms with Gasteiger partial charge in [-0.3, -0.25) is 9.69 Å². The zero-order valence-corrected chi connectivity index (χ0v) is 15.1. The highest BCUT2D eigenvalue weighted by Crippen LogP contribution is 2.36. The van der Waals surface area contributed by atoms with E-state index in [-0.39, 0.29) is 28.9 Å². The van der Waals surface area contributed by atoms with Crippen molar-refractivity contribution < 1.29 is 32.6 Å². The highest BCUT2D eigenvalue weighted by atomic mass is 19.4. The van der Waals surface area contributed by atoms with Gasteiger partial charge < -0.3 is 14.8 Å². The number of nitrogens with zero attached hydrogens (tertiary/aromatic N) is 1. The summed E-state index contributed by atoms with van der Waals surface area (Å²) in [7, 11) is 0. The lowest BCUT2D eigenvalue weighted by Gasteiger charge is -2.15. The zero-order chi connectivity index (χ0) is 21.6. The van der Waals surface area contributed by atoms with Crippen LogP contribution in [-0.4, -0.2) is 34.8 Å². The van der Waals surface area contributed by atoms with Crippen LogP contribution in [0.2, 0.25) is 0 Å². The number of aromatic nitrogens is 1. The Hall–Kier alpha value is -3.82. The van der Waals surface area contributed by atoms with Gasteiger partial charge in [-0.05, 0) is 29.7 Å². The highest BCUT2D eigenvalue weighted by molar-refractivity contribution is 5.97. The third-order valence-corrected chi connectivity index (χ3v) is 4.75. The van der Waals surface area contributed by atoms with E-state index in [4.69, 9.17) is 9.84 Å². The van der Waals surface area contributed by atoms with Gasteiger partial charge in [0, 0.05) is 22.3 Å². The Labute approximate surface area is 166 Å². The van der Waals surface area contributed by atoms with E-state index in [0.29, 0.717) is 5.39 Å². The van der Waals surface area contributed by atoms with Gasteiger partial charge in [0.05, 0.1) is 12.1 Å². The summed E-state index contributed by atoms with van der Waals surface area (Å²) < 4.78 is 44.7. The monoisotopic (exact) mass is 418 g/mol. The van der Waals surface area contributed by atoms with Gasteiger partial charge in [0.15, 0.2) is 0 Å². The number of aliphatic carboxylic acids is 1. The van der Waals surface area contributed by atoms with Crippen LogP contribution in [0.15, 0.2) is 53.3 Å². The minimum atomic E-state index is -4.59. The summed E-state index contributed by atoms with van der Waals surface area (Å²) in [5.41, 5.74) is -1.45. The lowest BCUT2D eigenvalue weighted by atomic mass is 10.0. The number of amides is 1. The molecule has 0 spiro atoms. The van der Waals surface area contributed by atoms with Crippen LogP contribution in [0.3, 0.4) is 0 Å². The predicted molar refractivity (Wildman–Crippen MR) is 100 cm³/mol. The van der Waals surface area contributed by atoms with Crippen molar-refractivity contribution in [1.29, 1.82) is 0 Å². The first-order valence-electron chi connectivity index (χ1n) is 8.70. The molecule has 2 N–H and O–H groups in total. The number of aromatic amines is 1. The SMILES string of the molecule is O=C(O)C1CN(c2ccc3cc(-c4ccccc4C(F)(F)F)[nH]c(=O)c3c2)C(=O)O1. The quantitative estimate of drug-likeness (QED) is 0.677. The zero-order valence-electron chi connectivity index (χ0n) is 15.1. The molecule has 1 saturated heterocycles. The number of hydrogen-bond acceptors (Lipinski definition) is 4. The molecule has 0 aliphatic carbocycles. The molecule has 10 heteroatoms. The van der Waals surface area contributed by atoms with Crippen molar-refractivity contribution in [3.8, 4) is 11.3 Å². The second-order valence-electron chi connectivity index (χ2n) is 6.65. The smallest absolute Gasteiger partial charge is 0.417 e. The molecule has 4 rings (SSSR count). The van der Waals surface area contributed by atoms with Gasteiger partial charge in [-0.1, -0.05) is 24.3 Å². The fraction of sp³-hybridized carbons (Fsp3) is 0.150. The van der Waals surface area contributed by atoms with E-state index >= 15 is 0 Å². The molecule has 0 bridgehead atoms. The number of benzene rings is 2. The van der Waals surface area contributed by atoms with Gasteiger partial charge in [0.2, 0.25) is 6.10 Å². The number of H-pyrrole nitrogens is 1. The number of anilines is 1. The summed E-state index contributed by atoms with van der Waals surface area (Å²) >= 11 is 0. The van der Waals surface area contributed by atoms with E-state index in [1.807, 2.05) is 0 Å². The standard InChI is InChI=1S/C20H13F3N2O5/c21-20(22,23)14-4-2-1-3-12(14)15-7-10-5-6-11(8-13(10)17(26)24-15)25-9-16(18(27)28)30-19(25)29/h1-8,16H,9H2,(H,24,26)(H,27,28). The Morgan fingerprint density at radius 3 is 2.53 bits per heavy atom. The maximum Gasteiger partial charge on any atom is 0.417 e. The Kier molecular flexibility index (Phi) is 4.49. The maximum atomic E-state index is 13.3. The number of carboxylic acids is 1. The average Bonchev–Trinajstić information content (AvgIpc) is 3.09. The second kappa shape index (κ2) is 6.90. The van der Waals surface area contributed by atoms with Crippen molar-refractivity contribution in [3.05, 3.63) is 64.4 Å². The summed E-state index contributed by atoms with van der Waals surface area (Å²) in [6.07, 6.45) is -6.79. The second-order valence-corrected chi connectivity index (χ2v) is 6.65. The molecule has 0 saturated carbocycles. The van der Waals surface area contributed by atoms with E-state index in [2.05, 4.69) is 4.98 Å². The summed E-state index contributed by atoms with van der Waals surface area (Å²) in [5, 5.41) is 9.48. The lowest BCUT2D eigenvalue weighted by Crippen LogP contribution is -2.27. The summed E-state index contributed by atoms with van der Waals surface area (Å²) in [6, 6.07) is 10.6. The van der Waals surface area contributed by atoms with E-state index in [0.717, 1.165) is 11.0 Å². The van der Waals surface area contributed by atoms with Crippen molar-refractivity contribution in [1.82, 2.24) is 4.98 Å². The Balaban J connectivity index is 1.78. The molecular weight excluding hydrogens is 405 g/mol. The van der Waals surface area contributed by atoms with Gasteiger partial charge in [-0.15, -0.1) is 0 Å². The minimum Gasteiger partial charge on any atom is -0.478 e. The Morgan fingerprint density at radius 2 is 1.87 bits per heavy atom. The molecule has 1 unspecified atom stereocenters. The number of carbonyl (C=O) groups excluding carboxylic acids is 1. The number of carboxylic acid groups (broad SMARTS) is 1. The van der Waals surface area contributed by atoms with E-state index < -0.39 is 35.5 Å². The molecule has 1 fully saturated rings. The van der Waals surface area contributed by atoms with Crippen molar-refractivity contribution in [3.63, 3.8) is 0 Å². The fourth-order valence-electron chi connectivity index (χ4n) is 3.33. The summed E-state index contributed by atoms with van der Waals surface area (Å²) in [5.74, 6) is -1.29. The van der Waals surface area contributed by atoms with Gasteiger partial charge >= 0.3 is 18.2 Å². The molecule has 3 aromatic rings. The first-order valence-corrected chi connectivity index (χ1v) is 8.70. The number of carbonyl (C=O) groups is 2. The highest BCUT2D eigenvalue weighted by Gasteiger charge is 2.37. The predicted octanol–water partition coefficient (Wildman–Crippen LogP) is 3.62. The molecule has 154 valence electrons.